The number of hydrogen-bond acceptors (Lipinski definition) is 5. The van der Waals surface area contributed by atoms with Crippen LogP contribution in [-0.4, -0.2) is 46.9 Å². The van der Waals surface area contributed by atoms with E-state index in [9.17, 15) is 19.8 Å². The third kappa shape index (κ3) is 38.0. The van der Waals surface area contributed by atoms with Crippen LogP contribution < -0.4 is 5.32 Å². The zero-order valence-electron chi connectivity index (χ0n) is 35.8. The molecule has 0 spiro atoms. The molecule has 3 N–H and O–H groups in total. The predicted molar refractivity (Wildman–Crippen MR) is 236 cm³/mol. The minimum Gasteiger partial charge on any atom is -0.462 e. The smallest absolute Gasteiger partial charge is 0.306 e. The van der Waals surface area contributed by atoms with E-state index in [-0.39, 0.29) is 24.9 Å². The van der Waals surface area contributed by atoms with E-state index in [0.717, 1.165) is 103 Å². The van der Waals surface area contributed by atoms with Crippen molar-refractivity contribution in [3.05, 3.63) is 72.9 Å². The van der Waals surface area contributed by atoms with Crippen LogP contribution in [0.4, 0.5) is 0 Å². The van der Waals surface area contributed by atoms with Gasteiger partial charge in [-0.25, -0.2) is 0 Å². The summed E-state index contributed by atoms with van der Waals surface area (Å²) in [6.45, 7) is 6.28. The van der Waals surface area contributed by atoms with Crippen LogP contribution in [0.5, 0.6) is 0 Å². The highest BCUT2D eigenvalue weighted by Gasteiger charge is 2.24. The third-order valence-electron chi connectivity index (χ3n) is 9.85. The lowest BCUT2D eigenvalue weighted by molar-refractivity contribution is -0.151. The molecule has 0 fully saturated rings. The van der Waals surface area contributed by atoms with E-state index >= 15 is 0 Å². The first-order valence-electron chi connectivity index (χ1n) is 22.7. The Bertz CT molecular complexity index is 1040. The molecule has 1 amide bonds. The lowest BCUT2D eigenvalue weighted by atomic mass is 10.0. The quantitative estimate of drug-likeness (QED) is 0.0250. The van der Waals surface area contributed by atoms with Crippen LogP contribution in [0.1, 0.15) is 201 Å². The van der Waals surface area contributed by atoms with Gasteiger partial charge in [0.2, 0.25) is 5.91 Å². The van der Waals surface area contributed by atoms with Gasteiger partial charge in [-0.15, -0.1) is 0 Å². The van der Waals surface area contributed by atoms with Crippen LogP contribution in [0.15, 0.2) is 72.9 Å². The van der Waals surface area contributed by atoms with Gasteiger partial charge in [-0.3, -0.25) is 9.59 Å². The average molecular weight is 768 g/mol. The number of aliphatic hydroxyl groups is 2. The third-order valence-corrected chi connectivity index (χ3v) is 9.85. The Hall–Kier alpha value is -2.70. The van der Waals surface area contributed by atoms with Crippen molar-refractivity contribution < 1.29 is 24.5 Å². The molecule has 3 unspecified atom stereocenters. The minimum atomic E-state index is -0.796. The molecule has 0 aliphatic heterocycles. The monoisotopic (exact) mass is 768 g/mol. The first-order chi connectivity index (χ1) is 27.0. The van der Waals surface area contributed by atoms with Gasteiger partial charge < -0.3 is 20.3 Å². The summed E-state index contributed by atoms with van der Waals surface area (Å²) in [6, 6.07) is -0.711. The summed E-state index contributed by atoms with van der Waals surface area (Å²) >= 11 is 0. The van der Waals surface area contributed by atoms with Gasteiger partial charge in [-0.05, 0) is 64.2 Å². The normalized spacial score (nSPS) is 14.1. The van der Waals surface area contributed by atoms with E-state index in [1.807, 2.05) is 24.3 Å². The summed E-state index contributed by atoms with van der Waals surface area (Å²) in [5.41, 5.74) is 0. The number of unbranched alkanes of at least 4 members (excludes halogenated alkanes) is 19. The van der Waals surface area contributed by atoms with Crippen LogP contribution in [0.3, 0.4) is 0 Å². The molecule has 6 heteroatoms. The molecule has 3 atom stereocenters. The van der Waals surface area contributed by atoms with Crippen LogP contribution in [0.2, 0.25) is 0 Å². The summed E-state index contributed by atoms with van der Waals surface area (Å²) in [4.78, 5) is 25.9. The molecular weight excluding hydrogens is 683 g/mol. The fourth-order valence-electron chi connectivity index (χ4n) is 6.40. The zero-order chi connectivity index (χ0) is 40.3. The summed E-state index contributed by atoms with van der Waals surface area (Å²) in [6.07, 6.45) is 52.5. The SMILES string of the molecule is CCC/C=C\CCCCCC(CC(=O)NC(CO)C(O)CCCCCCCCCCCC)OC(=O)CCCCCCC/C=C/C=C/C=C/C=C/C=C/CCC. The molecular formula is C49H85NO5. The first kappa shape index (κ1) is 52.3. The molecule has 316 valence electrons. The number of esters is 1. The Morgan fingerprint density at radius 2 is 0.982 bits per heavy atom. The summed E-state index contributed by atoms with van der Waals surface area (Å²) in [5.74, 6) is -0.530. The van der Waals surface area contributed by atoms with Crippen molar-refractivity contribution in [1.29, 1.82) is 0 Å². The number of nitrogens with one attached hydrogen (secondary N) is 1. The molecule has 0 aliphatic rings. The maximum absolute atomic E-state index is 13.1. The zero-order valence-corrected chi connectivity index (χ0v) is 35.8. The molecule has 0 aromatic heterocycles. The van der Waals surface area contributed by atoms with Crippen molar-refractivity contribution in [2.45, 2.75) is 219 Å². The molecule has 0 saturated carbocycles. The highest BCUT2D eigenvalue weighted by atomic mass is 16.5. The highest BCUT2D eigenvalue weighted by molar-refractivity contribution is 5.77. The van der Waals surface area contributed by atoms with Crippen molar-refractivity contribution in [2.24, 2.45) is 0 Å². The second-order valence-corrected chi connectivity index (χ2v) is 15.2. The predicted octanol–water partition coefficient (Wildman–Crippen LogP) is 13.1. The lowest BCUT2D eigenvalue weighted by Crippen LogP contribution is -2.46. The number of carbonyl (C=O) groups excluding carboxylic acids is 2. The van der Waals surface area contributed by atoms with Crippen LogP contribution in [0.25, 0.3) is 0 Å². The number of amides is 1. The molecule has 6 nitrogen and oxygen atoms in total. The van der Waals surface area contributed by atoms with Gasteiger partial charge in [-0.2, -0.15) is 0 Å². The van der Waals surface area contributed by atoms with E-state index < -0.39 is 18.2 Å². The second kappa shape index (κ2) is 42.4. The van der Waals surface area contributed by atoms with Gasteiger partial charge in [0, 0.05) is 6.42 Å². The highest BCUT2D eigenvalue weighted by Crippen LogP contribution is 2.17. The Labute approximate surface area is 339 Å². The molecule has 0 radical (unpaired) electrons. The van der Waals surface area contributed by atoms with E-state index in [4.69, 9.17) is 4.74 Å². The molecule has 0 aromatic carbocycles. The van der Waals surface area contributed by atoms with E-state index in [0.29, 0.717) is 19.3 Å². The average Bonchev–Trinajstić information content (AvgIpc) is 3.18. The first-order valence-corrected chi connectivity index (χ1v) is 22.7. The van der Waals surface area contributed by atoms with E-state index in [1.165, 1.54) is 51.4 Å². The molecule has 0 heterocycles. The lowest BCUT2D eigenvalue weighted by Gasteiger charge is -2.24. The van der Waals surface area contributed by atoms with Gasteiger partial charge in [0.1, 0.15) is 6.10 Å². The fourth-order valence-corrected chi connectivity index (χ4v) is 6.40. The largest absolute Gasteiger partial charge is 0.462 e. The van der Waals surface area contributed by atoms with Crippen LogP contribution in [-0.2, 0) is 14.3 Å². The van der Waals surface area contributed by atoms with Gasteiger partial charge in [-0.1, -0.05) is 196 Å². The van der Waals surface area contributed by atoms with Crippen molar-refractivity contribution in [3.63, 3.8) is 0 Å². The van der Waals surface area contributed by atoms with Crippen molar-refractivity contribution in [3.8, 4) is 0 Å². The molecule has 0 aromatic rings. The number of carbonyl (C=O) groups is 2. The van der Waals surface area contributed by atoms with Gasteiger partial charge >= 0.3 is 5.97 Å². The summed E-state index contributed by atoms with van der Waals surface area (Å²) < 4.78 is 5.86. The minimum absolute atomic E-state index is 0.0520. The van der Waals surface area contributed by atoms with Crippen molar-refractivity contribution >= 4 is 11.9 Å². The topological polar surface area (TPSA) is 95.9 Å². The van der Waals surface area contributed by atoms with Gasteiger partial charge in [0.05, 0.1) is 25.2 Å². The number of aliphatic hydroxyl groups excluding tert-OH is 2. The maximum Gasteiger partial charge on any atom is 0.306 e. The molecule has 0 saturated heterocycles. The summed E-state index contributed by atoms with van der Waals surface area (Å²) in [5, 5.41) is 23.5. The number of rotatable bonds is 39. The number of hydrogen-bond donors (Lipinski definition) is 3. The Morgan fingerprint density at radius 1 is 0.527 bits per heavy atom. The van der Waals surface area contributed by atoms with E-state index in [2.05, 4.69) is 74.7 Å². The Morgan fingerprint density at radius 3 is 1.58 bits per heavy atom. The van der Waals surface area contributed by atoms with Gasteiger partial charge in [0.25, 0.3) is 0 Å². The second-order valence-electron chi connectivity index (χ2n) is 15.2. The molecule has 55 heavy (non-hydrogen) atoms. The molecule has 0 bridgehead atoms. The van der Waals surface area contributed by atoms with Crippen molar-refractivity contribution in [2.75, 3.05) is 6.61 Å². The molecule has 0 rings (SSSR count). The standard InChI is InChI=1S/C49H85NO5/c1-4-7-10-13-16-19-21-22-23-24-25-26-27-28-30-33-36-39-42-49(54)55-45(40-37-34-31-18-15-12-9-6-3)43-48(53)50-46(44-51)47(52)41-38-35-32-29-20-17-14-11-8-5-2/h10,12-13,15-16,19,21-26,45-47,51-52H,4-9,11,14,17-18,20,27-44H2,1-3H3,(H,50,53)/b13-10+,15-12-,19-16+,22-21+,24-23+,26-25+. The number of allylic oxidation sites excluding steroid dienone is 12. The van der Waals surface area contributed by atoms with Crippen LogP contribution >= 0.6 is 0 Å². The maximum atomic E-state index is 13.1. The van der Waals surface area contributed by atoms with Gasteiger partial charge in [0.15, 0.2) is 0 Å². The molecule has 0 aliphatic carbocycles. The Balaban J connectivity index is 4.55. The number of ether oxygens (including phenoxy) is 1. The summed E-state index contributed by atoms with van der Waals surface area (Å²) in [7, 11) is 0. The fraction of sp³-hybridized carbons (Fsp3) is 0.714. The van der Waals surface area contributed by atoms with Crippen molar-refractivity contribution in [1.82, 2.24) is 5.32 Å². The van der Waals surface area contributed by atoms with E-state index in [1.54, 1.807) is 0 Å². The Kier molecular flexibility index (Phi) is 40.4. The van der Waals surface area contributed by atoms with Crippen LogP contribution in [0, 0.1) is 0 Å².